The van der Waals surface area contributed by atoms with Crippen molar-refractivity contribution in [2.45, 2.75) is 11.5 Å². The van der Waals surface area contributed by atoms with Crippen LogP contribution in [0.15, 0.2) is 482 Å². The first-order chi connectivity index (χ1) is 60.3. The minimum absolute atomic E-state index is 0.918. The van der Waals surface area contributed by atoms with E-state index in [4.69, 9.17) is 8.83 Å². The van der Waals surface area contributed by atoms with E-state index in [-0.39, 0.29) is 0 Å². The summed E-state index contributed by atoms with van der Waals surface area (Å²) in [5.74, 6) is 7.08. The second-order valence-corrected chi connectivity index (χ2v) is 48.6. The molecule has 6 nitrogen and oxygen atoms in total. The van der Waals surface area contributed by atoms with E-state index in [0.29, 0.717) is 0 Å². The van der Waals surface area contributed by atoms with Crippen LogP contribution < -0.4 is 46.0 Å². The van der Waals surface area contributed by atoms with Crippen molar-refractivity contribution in [3.8, 4) is 67.2 Å². The van der Waals surface area contributed by atoms with Crippen molar-refractivity contribution in [1.82, 2.24) is 0 Å². The van der Waals surface area contributed by atoms with Gasteiger partial charge in [-0.05, 0) is 0 Å². The van der Waals surface area contributed by atoms with Gasteiger partial charge in [0.1, 0.15) is 0 Å². The zero-order valence-corrected chi connectivity index (χ0v) is 71.8. The maximum atomic E-state index is 7.25. The van der Waals surface area contributed by atoms with Crippen molar-refractivity contribution in [1.29, 1.82) is 0 Å². The Bertz CT molecular complexity index is 6890. The zero-order valence-electron chi connectivity index (χ0n) is 67.6. The second kappa shape index (κ2) is 32.2. The molecule has 0 N–H and O–H groups in total. The molecule has 4 heterocycles. The number of furan rings is 2. The van der Waals surface area contributed by atoms with E-state index in [1.165, 1.54) is 65.0 Å². The van der Waals surface area contributed by atoms with Gasteiger partial charge in [0.2, 0.25) is 0 Å². The number of fused-ring (bicyclic) bond motifs is 10. The molecule has 0 saturated carbocycles. The molecule has 20 aromatic rings. The van der Waals surface area contributed by atoms with E-state index in [1.807, 2.05) is 0 Å². The molecular weight excluding hydrogens is 1600 g/mol. The third kappa shape index (κ3) is 13.7. The summed E-state index contributed by atoms with van der Waals surface area (Å²) in [7, 11) is 0. The van der Waals surface area contributed by atoms with Gasteiger partial charge in [0.05, 0.1) is 0 Å². The molecule has 0 bridgehead atoms. The van der Waals surface area contributed by atoms with Crippen LogP contribution in [-0.2, 0) is 0 Å². The number of para-hydroxylation sites is 8. The van der Waals surface area contributed by atoms with E-state index in [9.17, 15) is 0 Å². The number of nitrogens with zero attached hydrogens (tertiary/aromatic N) is 4. The molecule has 580 valence electrons. The summed E-state index contributed by atoms with van der Waals surface area (Å²) in [5, 5.41) is 2.45. The number of rotatable bonds is 18. The van der Waals surface area contributed by atoms with Gasteiger partial charge in [0.15, 0.2) is 0 Å². The molecule has 0 spiro atoms. The molecule has 2 aliphatic heterocycles. The minimum atomic E-state index is -3.63. The molecule has 22 rings (SSSR count). The van der Waals surface area contributed by atoms with E-state index in [2.05, 4.69) is 504 Å². The summed E-state index contributed by atoms with van der Waals surface area (Å²) in [4.78, 5) is 9.20. The predicted molar refractivity (Wildman–Crippen MR) is 518 cm³/mol. The third-order valence-electron chi connectivity index (χ3n) is 24.3. The Kier molecular flexibility index (Phi) is 19.8. The molecule has 122 heavy (non-hydrogen) atoms. The molecule has 18 aromatic carbocycles. The van der Waals surface area contributed by atoms with Crippen molar-refractivity contribution in [3.63, 3.8) is 0 Å². The molecule has 0 atom stereocenters. The first kappa shape index (κ1) is 74.8. The van der Waals surface area contributed by atoms with Crippen molar-refractivity contribution in [2.24, 2.45) is 0 Å². The van der Waals surface area contributed by atoms with Crippen LogP contribution in [0.5, 0.6) is 0 Å². The van der Waals surface area contributed by atoms with Crippen LogP contribution in [0.2, 0.25) is 11.5 Å². The molecule has 2 aliphatic rings. The third-order valence-corrected chi connectivity index (χ3v) is 42.0. The first-order valence-corrected chi connectivity index (χ1v) is 52.3. The summed E-state index contributed by atoms with van der Waals surface area (Å²) in [5.41, 5.74) is 27.1. The van der Waals surface area contributed by atoms with Crippen LogP contribution in [0.4, 0.5) is 68.2 Å². The normalized spacial score (nSPS) is 12.5. The van der Waals surface area contributed by atoms with Crippen LogP contribution in [0.3, 0.4) is 0 Å². The fraction of sp³-hybridized carbons (Fsp3) is 0.0175. The Morgan fingerprint density at radius 1 is 0.189 bits per heavy atom. The zero-order chi connectivity index (χ0) is 81.5. The SMILES string of the molecule is [CH3][Ge]1([CH3])[c]2ccc(-c3ccc(N(c4ccccc4)c4ccccc4)cc3)cc2-c2oc3cc(-c4ccc(N(c5ccccc5)c5ccccc5)cc4)ccc3[c]21.c1ccc(N(c2ccccc2)c2ccc(-c3cc[c]4c(c3)-c3oc5cc(-c6ccc(N(c7ccccc7)c7ccccc7)cc6)ccc5[c]3[Ge]4([c]3ccccc3)[c]3ccccc3)cc2)cc1. The Morgan fingerprint density at radius 3 is 0.689 bits per heavy atom. The second-order valence-electron chi connectivity index (χ2n) is 31.9. The van der Waals surface area contributed by atoms with Crippen molar-refractivity contribution in [3.05, 3.63) is 473 Å². The molecule has 0 amide bonds. The van der Waals surface area contributed by atoms with Crippen molar-refractivity contribution in [2.75, 3.05) is 19.6 Å². The Hall–Kier alpha value is -14.7. The van der Waals surface area contributed by atoms with Crippen LogP contribution >= 0.6 is 0 Å². The van der Waals surface area contributed by atoms with E-state index in [0.717, 1.165) is 119 Å². The van der Waals surface area contributed by atoms with Gasteiger partial charge >= 0.3 is 626 Å². The molecule has 8 heteroatoms. The van der Waals surface area contributed by atoms with Gasteiger partial charge in [0, 0.05) is 0 Å². The topological polar surface area (TPSA) is 39.2 Å². The first-order valence-electron chi connectivity index (χ1n) is 41.8. The van der Waals surface area contributed by atoms with Gasteiger partial charge in [0.25, 0.3) is 0 Å². The van der Waals surface area contributed by atoms with Crippen LogP contribution in [0.1, 0.15) is 0 Å². The van der Waals surface area contributed by atoms with Crippen LogP contribution in [0.25, 0.3) is 89.1 Å². The van der Waals surface area contributed by atoms with Gasteiger partial charge in [-0.25, -0.2) is 0 Å². The number of hydrogen-bond acceptors (Lipinski definition) is 6. The summed E-state index contributed by atoms with van der Waals surface area (Å²) >= 11 is -6.27. The van der Waals surface area contributed by atoms with Crippen molar-refractivity contribution >= 4 is 143 Å². The van der Waals surface area contributed by atoms with Crippen LogP contribution in [0, 0.1) is 0 Å². The van der Waals surface area contributed by atoms with Crippen LogP contribution in [-0.4, -0.2) is 26.5 Å². The molecule has 2 aromatic heterocycles. The Labute approximate surface area is 717 Å². The van der Waals surface area contributed by atoms with Gasteiger partial charge in [-0.2, -0.15) is 0 Å². The molecule has 0 fully saturated rings. The molecular formula is C114H84Ge2N4O2. The van der Waals surface area contributed by atoms with Gasteiger partial charge < -0.3 is 0 Å². The Balaban J connectivity index is 0.000000152. The fourth-order valence-electron chi connectivity index (χ4n) is 18.6. The Morgan fingerprint density at radius 2 is 0.402 bits per heavy atom. The summed E-state index contributed by atoms with van der Waals surface area (Å²) in [6, 6.07) is 170. The monoisotopic (exact) mass is 1690 g/mol. The summed E-state index contributed by atoms with van der Waals surface area (Å²) in [6.07, 6.45) is 0. The average Bonchev–Trinajstić information content (AvgIpc) is 1.53. The maximum absolute atomic E-state index is 7.25. The van der Waals surface area contributed by atoms with Crippen molar-refractivity contribution < 1.29 is 8.83 Å². The number of anilines is 12. The molecule has 0 radical (unpaired) electrons. The molecule has 0 unspecified atom stereocenters. The molecule has 0 aliphatic carbocycles. The quantitative estimate of drug-likeness (QED) is 0.0798. The molecule has 0 saturated heterocycles. The predicted octanol–water partition coefficient (Wildman–Crippen LogP) is 27.6. The van der Waals surface area contributed by atoms with E-state index < -0.39 is 26.5 Å². The van der Waals surface area contributed by atoms with E-state index >= 15 is 0 Å². The standard InChI is InChI=1S/C62H44GeN2O.C52H40GeN2O/c1-7-19-49(20-8-1)63(50-21-9-2-10-22-50)59-42-36-47(45-31-37-55(38-32-45)64(51-23-11-3-12-24-51)52-25-13-4-14-26-52)43-58(59)62-61(63)57-41-35-48(44-60(57)66-62)46-33-39-56(40-34-46)65(53-27-15-5-16-28-53)54-29-17-6-18-30-54;1-53(2)49-34-28-39(37-23-29-45(30-24-37)54(41-15-7-3-8-16-41)42-17-9-4-10-18-42)35-48(49)52-51(53)47-33-27-40(36-50(47)56-52)38-25-31-46(32-26-38)55(43-19-11-5-12-20-43)44-21-13-6-14-22-44/h1-44H;3-36H,1-2H3. The summed E-state index contributed by atoms with van der Waals surface area (Å²) < 4.78 is 22.6. The van der Waals surface area contributed by atoms with Gasteiger partial charge in [-0.3, -0.25) is 0 Å². The van der Waals surface area contributed by atoms with E-state index in [1.54, 1.807) is 0 Å². The average molecular weight is 1690 g/mol. The van der Waals surface area contributed by atoms with Gasteiger partial charge in [-0.15, -0.1) is 0 Å². The number of hydrogen-bond donors (Lipinski definition) is 0. The number of benzene rings is 18. The summed E-state index contributed by atoms with van der Waals surface area (Å²) in [6.45, 7) is 0. The fourth-order valence-corrected chi connectivity index (χ4v) is 36.5. The van der Waals surface area contributed by atoms with Gasteiger partial charge in [-0.1, -0.05) is 97.1 Å².